The summed E-state index contributed by atoms with van der Waals surface area (Å²) in [6.45, 7) is 10.7. The second kappa shape index (κ2) is 25.4. The Morgan fingerprint density at radius 3 is 1.50 bits per heavy atom. The molecule has 0 unspecified atom stereocenters. The largest absolute Gasteiger partial charge is 2.00 e. The molecule has 1 aliphatic rings. The molecule has 17 nitrogen and oxygen atoms in total. The molecule has 0 aliphatic carbocycles. The zero-order valence-corrected chi connectivity index (χ0v) is 23.1. The summed E-state index contributed by atoms with van der Waals surface area (Å²) in [5.74, 6) is 0.351. The molecule has 1 aliphatic heterocycles. The zero-order valence-electron chi connectivity index (χ0n) is 20.7. The Hall–Kier alpha value is -0.521. The summed E-state index contributed by atoms with van der Waals surface area (Å²) in [4.78, 5) is 0. The standard InChI is InChI=1S/C18H33N5O.2ClHO4.Cu.3H2O/c1-18(23-13-16-5-2-3-6-17(16)24)14-21-11-9-19-7-4-8-20-10-12-22-15-18;2*2-1(3,4)5;;;;/h2-3,5-6,19-24H,4,7-15H2,1H3;2*(H,2,3,4,5);;3*1H2/q;;;+2;;;/p-2. The van der Waals surface area contributed by atoms with Gasteiger partial charge >= 0.3 is 17.1 Å². The Balaban J connectivity index is -0.000000223. The summed E-state index contributed by atoms with van der Waals surface area (Å²) < 4.78 is 67.9. The molecule has 0 aromatic heterocycles. The third-order valence-electron chi connectivity index (χ3n) is 4.39. The molecule has 0 saturated carbocycles. The zero-order chi connectivity index (χ0) is 26.1. The first-order valence-corrected chi connectivity index (χ1v) is 12.7. The van der Waals surface area contributed by atoms with Crippen LogP contribution in [0.3, 0.4) is 0 Å². The second-order valence-corrected chi connectivity index (χ2v) is 9.02. The van der Waals surface area contributed by atoms with Gasteiger partial charge in [0.15, 0.2) is 0 Å². The van der Waals surface area contributed by atoms with Crippen molar-refractivity contribution in [3.8, 4) is 5.75 Å². The first-order valence-electron chi connectivity index (χ1n) is 10.3. The van der Waals surface area contributed by atoms with Crippen LogP contribution in [0.25, 0.3) is 0 Å². The average Bonchev–Trinajstić information content (AvgIpc) is 2.68. The summed E-state index contributed by atoms with van der Waals surface area (Å²) in [6, 6.07) is 7.51. The number of rotatable bonds is 3. The predicted octanol–water partition coefficient (Wildman–Crippen LogP) is -12.0. The van der Waals surface area contributed by atoms with Crippen LogP contribution in [0.1, 0.15) is 18.9 Å². The van der Waals surface area contributed by atoms with Gasteiger partial charge in [-0.2, -0.15) is 0 Å². The van der Waals surface area contributed by atoms with Crippen molar-refractivity contribution in [2.75, 3.05) is 52.4 Å². The van der Waals surface area contributed by atoms with Crippen LogP contribution < -0.4 is 63.9 Å². The van der Waals surface area contributed by atoms with Crippen molar-refractivity contribution in [3.63, 3.8) is 0 Å². The number of phenols is 1. The maximum Gasteiger partial charge on any atom is 2.00 e. The number of phenolic OH excluding ortho intramolecular Hbond substituents is 1. The van der Waals surface area contributed by atoms with Crippen molar-refractivity contribution in [2.45, 2.75) is 25.4 Å². The van der Waals surface area contributed by atoms with Gasteiger partial charge in [0.05, 0.1) is 0 Å². The molecule has 2 rings (SSSR count). The summed E-state index contributed by atoms with van der Waals surface area (Å²) >= 11 is 0. The first-order chi connectivity index (χ1) is 15.7. The number of halogens is 2. The Labute approximate surface area is 236 Å². The van der Waals surface area contributed by atoms with Gasteiger partial charge in [-0.05, 0) is 32.5 Å². The Kier molecular flexibility index (Phi) is 31.7. The fourth-order valence-corrected chi connectivity index (χ4v) is 2.83. The van der Waals surface area contributed by atoms with Gasteiger partial charge in [0.25, 0.3) is 0 Å². The van der Waals surface area contributed by atoms with Gasteiger partial charge in [0.2, 0.25) is 0 Å². The molecule has 1 fully saturated rings. The summed E-state index contributed by atoms with van der Waals surface area (Å²) in [5.41, 5.74) is 0.855. The molecule has 0 bridgehead atoms. The molecule has 1 aromatic carbocycles. The number of hydrogen-bond acceptors (Lipinski definition) is 14. The molecule has 0 atom stereocenters. The fourth-order valence-electron chi connectivity index (χ4n) is 2.83. The van der Waals surface area contributed by atoms with E-state index in [1.165, 1.54) is 6.42 Å². The first kappa shape index (κ1) is 47.3. The SMILES string of the molecule is CC1(NCc2ccccc2O)CNCCNCCCNCCNC1.O.O.O.[Cu+2].[O-][Cl+3]([O-])([O-])[O-].[O-][Cl+3]([O-])([O-])[O-]. The van der Waals surface area contributed by atoms with Crippen LogP contribution in [0.5, 0.6) is 5.75 Å². The third-order valence-corrected chi connectivity index (χ3v) is 4.39. The van der Waals surface area contributed by atoms with E-state index in [0.717, 1.165) is 57.9 Å². The number of aromatic hydroxyl groups is 1. The van der Waals surface area contributed by atoms with E-state index < -0.39 is 20.5 Å². The minimum atomic E-state index is -4.94. The van der Waals surface area contributed by atoms with Crippen LogP contribution in [0.15, 0.2) is 24.3 Å². The van der Waals surface area contributed by atoms with E-state index in [1.54, 1.807) is 6.07 Å². The minimum absolute atomic E-state index is 0. The molecule has 1 saturated heterocycles. The predicted molar refractivity (Wildman–Crippen MR) is 110 cm³/mol. The van der Waals surface area contributed by atoms with Crippen molar-refractivity contribution in [2.24, 2.45) is 0 Å². The average molecular weight is 652 g/mol. The molecular formula is C18H39Cl2CuN5O12. The third kappa shape index (κ3) is 35.5. The normalized spacial score (nSPS) is 16.4. The molecule has 1 radical (unpaired) electrons. The number of nitrogens with one attached hydrogen (secondary N) is 5. The molecular weight excluding hydrogens is 613 g/mol. The molecule has 20 heteroatoms. The molecule has 0 amide bonds. The maximum absolute atomic E-state index is 9.95. The van der Waals surface area contributed by atoms with E-state index in [2.05, 4.69) is 33.5 Å². The number of benzene rings is 1. The molecule has 1 aromatic rings. The molecule has 0 spiro atoms. The van der Waals surface area contributed by atoms with E-state index in [9.17, 15) is 5.11 Å². The van der Waals surface area contributed by atoms with Gasteiger partial charge in [0.1, 0.15) is 5.75 Å². The number of para-hydroxylation sites is 1. The van der Waals surface area contributed by atoms with Gasteiger partial charge in [-0.25, -0.2) is 37.3 Å². The van der Waals surface area contributed by atoms with E-state index in [0.29, 0.717) is 12.3 Å². The van der Waals surface area contributed by atoms with E-state index in [1.807, 2.05) is 18.2 Å². The number of hydrogen-bond donors (Lipinski definition) is 6. The summed E-state index contributed by atoms with van der Waals surface area (Å²) in [7, 11) is -9.89. The van der Waals surface area contributed by atoms with Crippen LogP contribution in [0.2, 0.25) is 0 Å². The topological polar surface area (TPSA) is 359 Å². The molecule has 1 heterocycles. The van der Waals surface area contributed by atoms with Gasteiger partial charge in [-0.3, -0.25) is 0 Å². The summed E-state index contributed by atoms with van der Waals surface area (Å²) in [6.07, 6.45) is 1.17. The van der Waals surface area contributed by atoms with E-state index in [4.69, 9.17) is 37.3 Å². The Bertz CT molecular complexity index is 625. The summed E-state index contributed by atoms with van der Waals surface area (Å²) in [5, 5.41) is 27.6. The molecule has 38 heavy (non-hydrogen) atoms. The van der Waals surface area contributed by atoms with Crippen LogP contribution in [0, 0.1) is 20.5 Å². The Morgan fingerprint density at radius 1 is 0.737 bits per heavy atom. The Morgan fingerprint density at radius 2 is 1.11 bits per heavy atom. The van der Waals surface area contributed by atoms with Crippen LogP contribution >= 0.6 is 0 Å². The van der Waals surface area contributed by atoms with Crippen molar-refractivity contribution < 1.29 is 96.4 Å². The van der Waals surface area contributed by atoms with Crippen LogP contribution in [-0.2, 0) is 23.6 Å². The fraction of sp³-hybridized carbons (Fsp3) is 0.667. The molecule has 233 valence electrons. The van der Waals surface area contributed by atoms with Crippen molar-refractivity contribution in [1.29, 1.82) is 0 Å². The minimum Gasteiger partial charge on any atom is -0.508 e. The van der Waals surface area contributed by atoms with Gasteiger partial charge < -0.3 is 48.1 Å². The monoisotopic (exact) mass is 650 g/mol. The second-order valence-electron chi connectivity index (χ2n) is 7.51. The van der Waals surface area contributed by atoms with Crippen LogP contribution in [0.4, 0.5) is 0 Å². The van der Waals surface area contributed by atoms with E-state index in [-0.39, 0.29) is 39.0 Å². The molecule has 12 N–H and O–H groups in total. The van der Waals surface area contributed by atoms with E-state index >= 15 is 0 Å². The van der Waals surface area contributed by atoms with Crippen LogP contribution in [-0.4, -0.2) is 79.4 Å². The van der Waals surface area contributed by atoms with Gasteiger partial charge in [-0.15, -0.1) is 20.5 Å². The quantitative estimate of drug-likeness (QED) is 0.165. The maximum atomic E-state index is 9.95. The van der Waals surface area contributed by atoms with Crippen molar-refractivity contribution in [1.82, 2.24) is 26.6 Å². The smallest absolute Gasteiger partial charge is 0.508 e. The van der Waals surface area contributed by atoms with Gasteiger partial charge in [0, 0.05) is 56.9 Å². The van der Waals surface area contributed by atoms with Crippen molar-refractivity contribution >= 4 is 0 Å². The van der Waals surface area contributed by atoms with Crippen molar-refractivity contribution in [3.05, 3.63) is 29.8 Å². The van der Waals surface area contributed by atoms with Gasteiger partial charge in [-0.1, -0.05) is 18.2 Å².